The molecule has 2 rings (SSSR count). The van der Waals surface area contributed by atoms with E-state index < -0.39 is 0 Å². The van der Waals surface area contributed by atoms with Crippen molar-refractivity contribution in [2.75, 3.05) is 13.1 Å². The van der Waals surface area contributed by atoms with E-state index >= 15 is 0 Å². The minimum absolute atomic E-state index is 0.0641. The van der Waals surface area contributed by atoms with Gasteiger partial charge in [0.15, 0.2) is 0 Å². The molecule has 96 valence electrons. The van der Waals surface area contributed by atoms with Gasteiger partial charge in [0.25, 0.3) is 0 Å². The Bertz CT molecular complexity index is 520. The summed E-state index contributed by atoms with van der Waals surface area (Å²) >= 11 is 0. The number of nitrogens with zero attached hydrogens (tertiary/aromatic N) is 2. The van der Waals surface area contributed by atoms with Gasteiger partial charge in [-0.05, 0) is 25.1 Å². The second kappa shape index (κ2) is 6.16. The van der Waals surface area contributed by atoms with Crippen LogP contribution in [0.3, 0.4) is 0 Å². The highest BCUT2D eigenvalue weighted by Gasteiger charge is 2.03. The molecule has 0 radical (unpaired) electrons. The number of hydrogen-bond donors (Lipinski definition) is 2. The molecule has 2 aromatic heterocycles. The summed E-state index contributed by atoms with van der Waals surface area (Å²) in [5.41, 5.74) is 7.39. The molecule has 18 heavy (non-hydrogen) atoms. The van der Waals surface area contributed by atoms with Crippen LogP contribution < -0.4 is 11.1 Å². The molecule has 0 aliphatic rings. The molecule has 2 aromatic rings. The van der Waals surface area contributed by atoms with Crippen LogP contribution in [0.25, 0.3) is 5.65 Å². The Morgan fingerprint density at radius 3 is 3.17 bits per heavy atom. The molecule has 0 unspecified atom stereocenters. The van der Waals surface area contributed by atoms with Crippen molar-refractivity contribution < 1.29 is 4.79 Å². The number of nitrogens with two attached hydrogens (primary N) is 1. The van der Waals surface area contributed by atoms with Crippen LogP contribution in [0.15, 0.2) is 30.6 Å². The number of amides is 1. The molecule has 0 saturated heterocycles. The second-order valence-corrected chi connectivity index (χ2v) is 4.17. The fraction of sp³-hybridized carbons (Fsp3) is 0.385. The summed E-state index contributed by atoms with van der Waals surface area (Å²) in [6, 6.07) is 5.89. The highest BCUT2D eigenvalue weighted by Crippen LogP contribution is 2.06. The first-order valence-electron chi connectivity index (χ1n) is 6.19. The predicted octanol–water partition coefficient (Wildman–Crippen LogP) is 0.732. The zero-order valence-electron chi connectivity index (χ0n) is 10.3. The van der Waals surface area contributed by atoms with E-state index in [2.05, 4.69) is 10.3 Å². The van der Waals surface area contributed by atoms with Crippen LogP contribution in [0.1, 0.15) is 18.5 Å². The summed E-state index contributed by atoms with van der Waals surface area (Å²) in [5, 5.41) is 2.88. The van der Waals surface area contributed by atoms with Crippen molar-refractivity contribution in [2.45, 2.75) is 19.3 Å². The number of aromatic nitrogens is 2. The summed E-state index contributed by atoms with van der Waals surface area (Å²) in [6.45, 7) is 1.19. The van der Waals surface area contributed by atoms with Gasteiger partial charge < -0.3 is 15.5 Å². The average molecular weight is 246 g/mol. The Kier molecular flexibility index (Phi) is 4.30. The third-order valence-corrected chi connectivity index (χ3v) is 2.80. The predicted molar refractivity (Wildman–Crippen MR) is 70.2 cm³/mol. The van der Waals surface area contributed by atoms with E-state index in [4.69, 9.17) is 5.73 Å². The van der Waals surface area contributed by atoms with Crippen molar-refractivity contribution in [3.63, 3.8) is 0 Å². The van der Waals surface area contributed by atoms with Gasteiger partial charge in [-0.15, -0.1) is 0 Å². The molecular formula is C13H18N4O. The molecule has 0 aromatic carbocycles. The van der Waals surface area contributed by atoms with Gasteiger partial charge in [-0.2, -0.15) is 0 Å². The largest absolute Gasteiger partial charge is 0.356 e. The first kappa shape index (κ1) is 12.6. The standard InChI is InChI=1S/C13H18N4O/c14-7-3-5-13(18)15-8-6-11-10-16-12-4-1-2-9-17(11)12/h1-2,4,9-10H,3,5-8,14H2,(H,15,18). The molecule has 5 heteroatoms. The van der Waals surface area contributed by atoms with E-state index in [1.807, 2.05) is 35.0 Å². The number of carbonyl (C=O) groups excluding carboxylic acids is 1. The molecule has 3 N–H and O–H groups in total. The lowest BCUT2D eigenvalue weighted by atomic mass is 10.3. The quantitative estimate of drug-likeness (QED) is 0.789. The van der Waals surface area contributed by atoms with Crippen LogP contribution in [0, 0.1) is 0 Å². The van der Waals surface area contributed by atoms with Crippen LogP contribution in [0.2, 0.25) is 0 Å². The summed E-state index contributed by atoms with van der Waals surface area (Å²) < 4.78 is 2.03. The third-order valence-electron chi connectivity index (χ3n) is 2.80. The Morgan fingerprint density at radius 2 is 2.33 bits per heavy atom. The molecule has 0 bridgehead atoms. The molecule has 0 fully saturated rings. The van der Waals surface area contributed by atoms with Crippen molar-refractivity contribution in [1.82, 2.24) is 14.7 Å². The van der Waals surface area contributed by atoms with E-state index in [1.54, 1.807) is 0 Å². The highest BCUT2D eigenvalue weighted by molar-refractivity contribution is 5.75. The monoisotopic (exact) mass is 246 g/mol. The van der Waals surface area contributed by atoms with Crippen LogP contribution >= 0.6 is 0 Å². The third kappa shape index (κ3) is 3.07. The lowest BCUT2D eigenvalue weighted by molar-refractivity contribution is -0.121. The maximum Gasteiger partial charge on any atom is 0.220 e. The number of carbonyl (C=O) groups is 1. The highest BCUT2D eigenvalue weighted by atomic mass is 16.1. The lowest BCUT2D eigenvalue weighted by Gasteiger charge is -2.04. The minimum Gasteiger partial charge on any atom is -0.356 e. The van der Waals surface area contributed by atoms with Gasteiger partial charge in [-0.1, -0.05) is 6.07 Å². The van der Waals surface area contributed by atoms with E-state index in [9.17, 15) is 4.79 Å². The second-order valence-electron chi connectivity index (χ2n) is 4.17. The van der Waals surface area contributed by atoms with Crippen molar-refractivity contribution in [1.29, 1.82) is 0 Å². The molecule has 0 saturated carbocycles. The van der Waals surface area contributed by atoms with Gasteiger partial charge >= 0.3 is 0 Å². The molecule has 0 aliphatic heterocycles. The van der Waals surface area contributed by atoms with Gasteiger partial charge in [0.1, 0.15) is 5.65 Å². The molecule has 1 amide bonds. The van der Waals surface area contributed by atoms with Gasteiger partial charge in [0.2, 0.25) is 5.91 Å². The zero-order valence-corrected chi connectivity index (χ0v) is 10.3. The minimum atomic E-state index is 0.0641. The summed E-state index contributed by atoms with van der Waals surface area (Å²) in [7, 11) is 0. The zero-order chi connectivity index (χ0) is 12.8. The molecule has 5 nitrogen and oxygen atoms in total. The fourth-order valence-corrected chi connectivity index (χ4v) is 1.85. The van der Waals surface area contributed by atoms with Crippen LogP contribution in [-0.2, 0) is 11.2 Å². The molecule has 0 aliphatic carbocycles. The lowest BCUT2D eigenvalue weighted by Crippen LogP contribution is -2.26. The number of imidazole rings is 1. The van der Waals surface area contributed by atoms with Crippen LogP contribution in [-0.4, -0.2) is 28.4 Å². The number of rotatable bonds is 6. The molecule has 0 spiro atoms. The van der Waals surface area contributed by atoms with Crippen molar-refractivity contribution in [3.05, 3.63) is 36.3 Å². The van der Waals surface area contributed by atoms with Crippen molar-refractivity contribution in [2.24, 2.45) is 5.73 Å². The van der Waals surface area contributed by atoms with E-state index in [0.717, 1.165) is 24.2 Å². The van der Waals surface area contributed by atoms with Crippen LogP contribution in [0.4, 0.5) is 0 Å². The Labute approximate surface area is 106 Å². The number of hydrogen-bond acceptors (Lipinski definition) is 3. The first-order valence-corrected chi connectivity index (χ1v) is 6.19. The SMILES string of the molecule is NCCCC(=O)NCCc1cnc2ccccn12. The normalized spacial score (nSPS) is 10.7. The van der Waals surface area contributed by atoms with Crippen molar-refractivity contribution >= 4 is 11.6 Å². The Morgan fingerprint density at radius 1 is 1.44 bits per heavy atom. The Hall–Kier alpha value is -1.88. The molecule has 0 atom stereocenters. The van der Waals surface area contributed by atoms with Gasteiger partial charge in [-0.25, -0.2) is 4.98 Å². The maximum atomic E-state index is 11.4. The summed E-state index contributed by atoms with van der Waals surface area (Å²) in [4.78, 5) is 15.7. The number of pyridine rings is 1. The maximum absolute atomic E-state index is 11.4. The summed E-state index contributed by atoms with van der Waals surface area (Å²) in [6.07, 6.45) is 5.85. The smallest absolute Gasteiger partial charge is 0.220 e. The topological polar surface area (TPSA) is 72.4 Å². The van der Waals surface area contributed by atoms with E-state index in [-0.39, 0.29) is 5.91 Å². The van der Waals surface area contributed by atoms with Gasteiger partial charge in [0, 0.05) is 37.5 Å². The fourth-order valence-electron chi connectivity index (χ4n) is 1.85. The Balaban J connectivity index is 1.85. The number of fused-ring (bicyclic) bond motifs is 1. The first-order chi connectivity index (χ1) is 8.81. The van der Waals surface area contributed by atoms with E-state index in [0.29, 0.717) is 19.5 Å². The molecular weight excluding hydrogens is 228 g/mol. The van der Waals surface area contributed by atoms with Crippen LogP contribution in [0.5, 0.6) is 0 Å². The average Bonchev–Trinajstić information content (AvgIpc) is 2.80. The summed E-state index contributed by atoms with van der Waals surface area (Å²) in [5.74, 6) is 0.0641. The van der Waals surface area contributed by atoms with Crippen molar-refractivity contribution in [3.8, 4) is 0 Å². The number of nitrogens with one attached hydrogen (secondary N) is 1. The van der Waals surface area contributed by atoms with Gasteiger partial charge in [0.05, 0.1) is 0 Å². The molecule has 2 heterocycles. The van der Waals surface area contributed by atoms with E-state index in [1.165, 1.54) is 0 Å². The van der Waals surface area contributed by atoms with Gasteiger partial charge in [-0.3, -0.25) is 4.79 Å².